The van der Waals surface area contributed by atoms with Gasteiger partial charge >= 0.3 is 0 Å². The highest BCUT2D eigenvalue weighted by Gasteiger charge is 2.27. The maximum Gasteiger partial charge on any atom is 0.182 e. The summed E-state index contributed by atoms with van der Waals surface area (Å²) in [7, 11) is 0. The van der Waals surface area contributed by atoms with Crippen molar-refractivity contribution in [3.05, 3.63) is 23.3 Å². The van der Waals surface area contributed by atoms with E-state index in [2.05, 4.69) is 0 Å². The van der Waals surface area contributed by atoms with E-state index in [9.17, 15) is 19.8 Å². The molecule has 0 radical (unpaired) electrons. The van der Waals surface area contributed by atoms with Crippen LogP contribution in [0.1, 0.15) is 40.5 Å². The summed E-state index contributed by atoms with van der Waals surface area (Å²) in [5.41, 5.74) is -0.215. The van der Waals surface area contributed by atoms with Gasteiger partial charge < -0.3 is 10.2 Å². The monoisotopic (exact) mass is 266 g/mol. The Morgan fingerprint density at radius 1 is 1.16 bits per heavy atom. The molecule has 1 rings (SSSR count). The smallest absolute Gasteiger partial charge is 0.182 e. The molecule has 0 aromatic heterocycles. The van der Waals surface area contributed by atoms with Gasteiger partial charge in [-0.3, -0.25) is 9.59 Å². The third-order valence-electron chi connectivity index (χ3n) is 3.53. The first-order valence-electron chi connectivity index (χ1n) is 6.52. The molecule has 0 saturated heterocycles. The van der Waals surface area contributed by atoms with Crippen LogP contribution in [0.3, 0.4) is 0 Å². The van der Waals surface area contributed by atoms with E-state index >= 15 is 0 Å². The summed E-state index contributed by atoms with van der Waals surface area (Å²) in [4.78, 5) is 23.4. The van der Waals surface area contributed by atoms with Crippen molar-refractivity contribution in [2.75, 3.05) is 0 Å². The van der Waals surface area contributed by atoms with Crippen molar-refractivity contribution in [3.8, 4) is 0 Å². The molecule has 0 heterocycles. The van der Waals surface area contributed by atoms with Gasteiger partial charge in [0.05, 0.1) is 11.7 Å². The molecule has 19 heavy (non-hydrogen) atoms. The van der Waals surface area contributed by atoms with Crippen molar-refractivity contribution in [2.45, 2.75) is 52.2 Å². The first-order valence-corrected chi connectivity index (χ1v) is 6.52. The number of hydrogen-bond donors (Lipinski definition) is 2. The van der Waals surface area contributed by atoms with Gasteiger partial charge in [0.25, 0.3) is 0 Å². The normalized spacial score (nSPS) is 19.9. The molecule has 0 bridgehead atoms. The van der Waals surface area contributed by atoms with E-state index in [1.807, 2.05) is 6.92 Å². The van der Waals surface area contributed by atoms with Crippen LogP contribution >= 0.6 is 0 Å². The van der Waals surface area contributed by atoms with E-state index in [0.29, 0.717) is 24.0 Å². The fourth-order valence-electron chi connectivity index (χ4n) is 1.98. The largest absolute Gasteiger partial charge is 0.390 e. The van der Waals surface area contributed by atoms with Crippen LogP contribution < -0.4 is 0 Å². The minimum atomic E-state index is -1.16. The predicted octanol–water partition coefficient (Wildman–Crippen LogP) is 1.56. The van der Waals surface area contributed by atoms with Gasteiger partial charge in [-0.05, 0) is 51.7 Å². The lowest BCUT2D eigenvalue weighted by Gasteiger charge is -2.26. The quantitative estimate of drug-likeness (QED) is 0.740. The molecule has 0 fully saturated rings. The van der Waals surface area contributed by atoms with Crippen LogP contribution in [-0.4, -0.2) is 33.5 Å². The minimum Gasteiger partial charge on any atom is -0.390 e. The number of carbonyl (C=O) groups is 2. The first kappa shape index (κ1) is 15.8. The third kappa shape index (κ3) is 4.11. The maximum absolute atomic E-state index is 11.8. The van der Waals surface area contributed by atoms with E-state index in [4.69, 9.17) is 0 Å². The molecule has 1 aliphatic carbocycles. The Morgan fingerprint density at radius 3 is 2.26 bits per heavy atom. The topological polar surface area (TPSA) is 74.6 Å². The zero-order valence-corrected chi connectivity index (χ0v) is 11.9. The van der Waals surface area contributed by atoms with Crippen molar-refractivity contribution >= 4 is 11.6 Å². The van der Waals surface area contributed by atoms with Crippen molar-refractivity contribution in [1.29, 1.82) is 0 Å². The molecule has 2 N–H and O–H groups in total. The van der Waals surface area contributed by atoms with Crippen LogP contribution in [0.15, 0.2) is 23.3 Å². The van der Waals surface area contributed by atoms with Crippen molar-refractivity contribution in [1.82, 2.24) is 0 Å². The second-order valence-corrected chi connectivity index (χ2v) is 5.80. The summed E-state index contributed by atoms with van der Waals surface area (Å²) >= 11 is 0. The molecular weight excluding hydrogens is 244 g/mol. The summed E-state index contributed by atoms with van der Waals surface area (Å²) in [6, 6.07) is 0. The van der Waals surface area contributed by atoms with Gasteiger partial charge in [-0.15, -0.1) is 0 Å². The molecule has 4 nitrogen and oxygen atoms in total. The second kappa shape index (κ2) is 5.80. The maximum atomic E-state index is 11.8. The molecule has 0 aromatic carbocycles. The number of rotatable bonds is 5. The van der Waals surface area contributed by atoms with Crippen LogP contribution in [-0.2, 0) is 9.59 Å². The van der Waals surface area contributed by atoms with Gasteiger partial charge in [0.2, 0.25) is 0 Å². The lowest BCUT2D eigenvalue weighted by atomic mass is 9.85. The number of ketones is 2. The molecule has 2 atom stereocenters. The first-order chi connectivity index (χ1) is 8.62. The number of hydrogen-bond acceptors (Lipinski definition) is 4. The summed E-state index contributed by atoms with van der Waals surface area (Å²) < 4.78 is 0. The fourth-order valence-corrected chi connectivity index (χ4v) is 1.98. The van der Waals surface area contributed by atoms with Gasteiger partial charge in [-0.1, -0.05) is 6.92 Å². The average molecular weight is 266 g/mol. The fraction of sp³-hybridized carbons (Fsp3) is 0.600. The van der Waals surface area contributed by atoms with Gasteiger partial charge in [0, 0.05) is 11.1 Å². The average Bonchev–Trinajstić information content (AvgIpc) is 2.29. The molecule has 106 valence electrons. The van der Waals surface area contributed by atoms with Gasteiger partial charge in [-0.25, -0.2) is 0 Å². The van der Waals surface area contributed by atoms with Crippen LogP contribution in [0.25, 0.3) is 0 Å². The van der Waals surface area contributed by atoms with Crippen LogP contribution in [0.2, 0.25) is 0 Å². The van der Waals surface area contributed by atoms with Crippen molar-refractivity contribution in [2.24, 2.45) is 5.92 Å². The van der Waals surface area contributed by atoms with Crippen molar-refractivity contribution in [3.63, 3.8) is 0 Å². The molecule has 0 unspecified atom stereocenters. The van der Waals surface area contributed by atoms with E-state index in [1.54, 1.807) is 20.8 Å². The number of carbonyl (C=O) groups excluding carboxylic acids is 2. The minimum absolute atomic E-state index is 0.113. The summed E-state index contributed by atoms with van der Waals surface area (Å²) in [6.45, 7) is 6.56. The van der Waals surface area contributed by atoms with Crippen molar-refractivity contribution < 1.29 is 19.8 Å². The predicted molar refractivity (Wildman–Crippen MR) is 72.6 cm³/mol. The lowest BCUT2D eigenvalue weighted by Crippen LogP contribution is -2.36. The van der Waals surface area contributed by atoms with E-state index < -0.39 is 11.7 Å². The molecular formula is C15H22O4. The molecule has 4 heteroatoms. The summed E-state index contributed by atoms with van der Waals surface area (Å²) in [5, 5.41) is 19.4. The molecule has 0 saturated carbocycles. The van der Waals surface area contributed by atoms with Crippen LogP contribution in [0, 0.1) is 5.92 Å². The zero-order chi connectivity index (χ0) is 14.8. The van der Waals surface area contributed by atoms with Crippen LogP contribution in [0.4, 0.5) is 0 Å². The highest BCUT2D eigenvalue weighted by molar-refractivity contribution is 6.19. The second-order valence-electron chi connectivity index (χ2n) is 5.80. The van der Waals surface area contributed by atoms with E-state index in [-0.39, 0.29) is 17.5 Å². The highest BCUT2D eigenvalue weighted by Crippen LogP contribution is 2.25. The molecule has 0 amide bonds. The Hall–Kier alpha value is -1.26. The summed E-state index contributed by atoms with van der Waals surface area (Å²) in [5.74, 6) is -0.385. The van der Waals surface area contributed by atoms with Gasteiger partial charge in [0.15, 0.2) is 11.6 Å². The Balaban J connectivity index is 2.65. The van der Waals surface area contributed by atoms with E-state index in [0.717, 1.165) is 0 Å². The zero-order valence-electron chi connectivity index (χ0n) is 11.9. The molecule has 0 aliphatic heterocycles. The Labute approximate surface area is 113 Å². The molecule has 0 aromatic rings. The van der Waals surface area contributed by atoms with Gasteiger partial charge in [-0.2, -0.15) is 0 Å². The third-order valence-corrected chi connectivity index (χ3v) is 3.53. The van der Waals surface area contributed by atoms with E-state index in [1.165, 1.54) is 12.2 Å². The Morgan fingerprint density at radius 2 is 1.74 bits per heavy atom. The SMILES string of the molecule is CC1=CC(=O)C([C@@H](C)CC[C@H](O)C(C)(C)O)=CC1=O. The highest BCUT2D eigenvalue weighted by atomic mass is 16.3. The Bertz CT molecular complexity index is 438. The number of allylic oxidation sites excluding steroid dienone is 4. The number of aliphatic hydroxyl groups excluding tert-OH is 1. The lowest BCUT2D eigenvalue weighted by molar-refractivity contribution is -0.115. The standard InChI is InChI=1S/C15H22O4/c1-9(5-6-14(18)15(3,4)19)11-8-12(16)10(2)7-13(11)17/h7-9,14,18-19H,5-6H2,1-4H3/t9-,14-/m0/s1. The summed E-state index contributed by atoms with van der Waals surface area (Å²) in [6.07, 6.45) is 2.83. The van der Waals surface area contributed by atoms with Gasteiger partial charge in [0.1, 0.15) is 0 Å². The number of aliphatic hydroxyl groups is 2. The Kier molecular flexibility index (Phi) is 4.82. The van der Waals surface area contributed by atoms with Crippen LogP contribution in [0.5, 0.6) is 0 Å². The molecule has 1 aliphatic rings. The molecule has 0 spiro atoms.